The second-order valence-electron chi connectivity index (χ2n) is 5.57. The summed E-state index contributed by atoms with van der Waals surface area (Å²) in [4.78, 5) is 0. The van der Waals surface area contributed by atoms with Gasteiger partial charge < -0.3 is 5.73 Å². The van der Waals surface area contributed by atoms with Crippen molar-refractivity contribution in [3.63, 3.8) is 0 Å². The van der Waals surface area contributed by atoms with Crippen molar-refractivity contribution in [3.05, 3.63) is 70.8 Å². The third-order valence-electron chi connectivity index (χ3n) is 4.48. The van der Waals surface area contributed by atoms with Crippen LogP contribution in [0.4, 0.5) is 0 Å². The topological polar surface area (TPSA) is 26.0 Å². The molecule has 0 heterocycles. The van der Waals surface area contributed by atoms with E-state index in [-0.39, 0.29) is 0 Å². The molecule has 0 saturated carbocycles. The Morgan fingerprint density at radius 1 is 1.05 bits per heavy atom. The number of aryl methyl sites for hydroxylation is 1. The van der Waals surface area contributed by atoms with E-state index in [9.17, 15) is 0 Å². The molecule has 0 fully saturated rings. The summed E-state index contributed by atoms with van der Waals surface area (Å²) in [6.45, 7) is 3.00. The van der Waals surface area contributed by atoms with Gasteiger partial charge in [-0.1, -0.05) is 48.5 Å². The third kappa shape index (κ3) is 2.19. The molecule has 2 aromatic rings. The Bertz CT molecular complexity index is 559. The number of fused-ring (bicyclic) bond motifs is 1. The lowest BCUT2D eigenvalue weighted by Crippen LogP contribution is -2.28. The summed E-state index contributed by atoms with van der Waals surface area (Å²) >= 11 is 0. The predicted octanol–water partition coefficient (Wildman–Crippen LogP) is 3.65. The quantitative estimate of drug-likeness (QED) is 0.866. The van der Waals surface area contributed by atoms with Crippen LogP contribution in [0.3, 0.4) is 0 Å². The van der Waals surface area contributed by atoms with E-state index < -0.39 is 0 Å². The summed E-state index contributed by atoms with van der Waals surface area (Å²) < 4.78 is 0. The highest BCUT2D eigenvalue weighted by molar-refractivity contribution is 5.44. The zero-order chi connectivity index (χ0) is 13.2. The molecule has 0 bridgehead atoms. The first-order chi connectivity index (χ1) is 9.31. The van der Waals surface area contributed by atoms with Gasteiger partial charge in [0.25, 0.3) is 0 Å². The van der Waals surface area contributed by atoms with Crippen LogP contribution in [0.5, 0.6) is 0 Å². The van der Waals surface area contributed by atoms with Crippen LogP contribution in [0, 0.1) is 12.8 Å². The normalized spacial score (nSPS) is 22.0. The van der Waals surface area contributed by atoms with Crippen molar-refractivity contribution in [3.8, 4) is 0 Å². The van der Waals surface area contributed by atoms with Gasteiger partial charge in [0.05, 0.1) is 0 Å². The number of hydrogen-bond donors (Lipinski definition) is 1. The van der Waals surface area contributed by atoms with E-state index >= 15 is 0 Å². The van der Waals surface area contributed by atoms with Crippen molar-refractivity contribution in [2.45, 2.75) is 25.7 Å². The largest absolute Gasteiger partial charge is 0.330 e. The summed E-state index contributed by atoms with van der Waals surface area (Å²) in [6.07, 6.45) is 2.38. The predicted molar refractivity (Wildman–Crippen MR) is 80.3 cm³/mol. The minimum absolute atomic E-state index is 0.467. The first-order valence-electron chi connectivity index (χ1n) is 7.14. The van der Waals surface area contributed by atoms with E-state index in [1.807, 2.05) is 0 Å². The van der Waals surface area contributed by atoms with Gasteiger partial charge in [-0.15, -0.1) is 0 Å². The molecule has 2 atom stereocenters. The maximum absolute atomic E-state index is 6.03. The lowest BCUT2D eigenvalue weighted by molar-refractivity contribution is 0.418. The molecule has 2 unspecified atom stereocenters. The highest BCUT2D eigenvalue weighted by Gasteiger charge is 2.30. The minimum Gasteiger partial charge on any atom is -0.330 e. The van der Waals surface area contributed by atoms with Crippen LogP contribution < -0.4 is 5.73 Å². The van der Waals surface area contributed by atoms with Gasteiger partial charge in [0, 0.05) is 5.92 Å². The van der Waals surface area contributed by atoms with E-state index in [2.05, 4.69) is 55.5 Å². The molecule has 1 heteroatoms. The van der Waals surface area contributed by atoms with Crippen molar-refractivity contribution in [2.24, 2.45) is 11.7 Å². The van der Waals surface area contributed by atoms with Gasteiger partial charge in [-0.2, -0.15) is 0 Å². The molecular formula is C18H21N. The first-order valence-corrected chi connectivity index (χ1v) is 7.14. The lowest BCUT2D eigenvalue weighted by Gasteiger charge is -2.34. The SMILES string of the molecule is Cc1cccc2c1CCC(CN)C2c1ccccc1. The highest BCUT2D eigenvalue weighted by atomic mass is 14.6. The fraction of sp³-hybridized carbons (Fsp3) is 0.333. The Labute approximate surface area is 115 Å². The number of nitrogens with two attached hydrogens (primary N) is 1. The number of rotatable bonds is 2. The van der Waals surface area contributed by atoms with Gasteiger partial charge >= 0.3 is 0 Å². The van der Waals surface area contributed by atoms with Crippen LogP contribution in [0.25, 0.3) is 0 Å². The molecule has 0 aliphatic heterocycles. The summed E-state index contributed by atoms with van der Waals surface area (Å²) in [5.41, 5.74) is 11.9. The summed E-state index contributed by atoms with van der Waals surface area (Å²) in [5.74, 6) is 1.03. The molecular weight excluding hydrogens is 230 g/mol. The molecule has 0 radical (unpaired) electrons. The third-order valence-corrected chi connectivity index (χ3v) is 4.48. The van der Waals surface area contributed by atoms with Crippen molar-refractivity contribution in [1.82, 2.24) is 0 Å². The monoisotopic (exact) mass is 251 g/mol. The highest BCUT2D eigenvalue weighted by Crippen LogP contribution is 2.41. The summed E-state index contributed by atoms with van der Waals surface area (Å²) in [5, 5.41) is 0. The second kappa shape index (κ2) is 5.18. The number of hydrogen-bond acceptors (Lipinski definition) is 1. The van der Waals surface area contributed by atoms with Crippen molar-refractivity contribution in [1.29, 1.82) is 0 Å². The molecule has 0 amide bonds. The average Bonchev–Trinajstić information content (AvgIpc) is 2.47. The molecule has 98 valence electrons. The molecule has 1 aliphatic rings. The Morgan fingerprint density at radius 2 is 1.84 bits per heavy atom. The van der Waals surface area contributed by atoms with E-state index in [1.165, 1.54) is 29.5 Å². The smallest absolute Gasteiger partial charge is 0.0133 e. The Hall–Kier alpha value is -1.60. The summed E-state index contributed by atoms with van der Waals surface area (Å²) in [6, 6.07) is 17.5. The minimum atomic E-state index is 0.467. The van der Waals surface area contributed by atoms with E-state index in [0.717, 1.165) is 6.54 Å². The Morgan fingerprint density at radius 3 is 2.58 bits per heavy atom. The van der Waals surface area contributed by atoms with E-state index in [1.54, 1.807) is 5.56 Å². The zero-order valence-electron chi connectivity index (χ0n) is 11.5. The molecule has 2 N–H and O–H groups in total. The van der Waals surface area contributed by atoms with Crippen LogP contribution in [0.15, 0.2) is 48.5 Å². The molecule has 2 aromatic carbocycles. The Balaban J connectivity index is 2.13. The van der Waals surface area contributed by atoms with Gasteiger partial charge in [0.15, 0.2) is 0 Å². The maximum atomic E-state index is 6.03. The van der Waals surface area contributed by atoms with Gasteiger partial charge in [0.2, 0.25) is 0 Å². The van der Waals surface area contributed by atoms with Gasteiger partial charge in [0.1, 0.15) is 0 Å². The Kier molecular flexibility index (Phi) is 3.39. The van der Waals surface area contributed by atoms with Crippen LogP contribution >= 0.6 is 0 Å². The van der Waals surface area contributed by atoms with Gasteiger partial charge in [-0.3, -0.25) is 0 Å². The maximum Gasteiger partial charge on any atom is 0.0133 e. The standard InChI is InChI=1S/C18H21N/c1-13-6-5-9-17-16(13)11-10-15(12-19)18(17)14-7-3-2-4-8-14/h2-9,15,18H,10-12,19H2,1H3. The lowest BCUT2D eigenvalue weighted by atomic mass is 9.71. The number of benzene rings is 2. The van der Waals surface area contributed by atoms with Crippen molar-refractivity contribution >= 4 is 0 Å². The van der Waals surface area contributed by atoms with Crippen molar-refractivity contribution in [2.75, 3.05) is 6.54 Å². The average molecular weight is 251 g/mol. The molecule has 1 nitrogen and oxygen atoms in total. The van der Waals surface area contributed by atoms with Gasteiger partial charge in [-0.05, 0) is 54.5 Å². The van der Waals surface area contributed by atoms with Crippen LogP contribution in [-0.4, -0.2) is 6.54 Å². The van der Waals surface area contributed by atoms with Crippen molar-refractivity contribution < 1.29 is 0 Å². The molecule has 0 spiro atoms. The zero-order valence-corrected chi connectivity index (χ0v) is 11.5. The fourth-order valence-corrected chi connectivity index (χ4v) is 3.47. The molecule has 1 aliphatic carbocycles. The van der Waals surface area contributed by atoms with Gasteiger partial charge in [-0.25, -0.2) is 0 Å². The van der Waals surface area contributed by atoms with E-state index in [4.69, 9.17) is 5.73 Å². The molecule has 0 aromatic heterocycles. The van der Waals surface area contributed by atoms with Crippen LogP contribution in [-0.2, 0) is 6.42 Å². The first kappa shape index (κ1) is 12.4. The second-order valence-corrected chi connectivity index (χ2v) is 5.57. The molecule has 3 rings (SSSR count). The van der Waals surface area contributed by atoms with Crippen LogP contribution in [0.2, 0.25) is 0 Å². The fourth-order valence-electron chi connectivity index (χ4n) is 3.47. The molecule has 0 saturated heterocycles. The summed E-state index contributed by atoms with van der Waals surface area (Å²) in [7, 11) is 0. The van der Waals surface area contributed by atoms with Crippen LogP contribution in [0.1, 0.15) is 34.6 Å². The molecule has 19 heavy (non-hydrogen) atoms. The van der Waals surface area contributed by atoms with E-state index in [0.29, 0.717) is 11.8 Å².